The molecule has 0 spiro atoms. The van der Waals surface area contributed by atoms with E-state index in [1.165, 1.54) is 30.2 Å². The van der Waals surface area contributed by atoms with Crippen LogP contribution in [0, 0.1) is 6.92 Å². The average Bonchev–Trinajstić information content (AvgIpc) is 2.22. The molecule has 0 bridgehead atoms. The van der Waals surface area contributed by atoms with E-state index in [-0.39, 0.29) is 22.4 Å². The van der Waals surface area contributed by atoms with E-state index >= 15 is 0 Å². The number of fused-ring (bicyclic) bond motifs is 1. The molecule has 7 nitrogen and oxygen atoms in total. The van der Waals surface area contributed by atoms with Crippen LogP contribution in [0.3, 0.4) is 0 Å². The van der Waals surface area contributed by atoms with Crippen LogP contribution in [0.2, 0.25) is 0 Å². The molecule has 0 unspecified atom stereocenters. The highest BCUT2D eigenvalue weighted by atomic mass is 16.2. The Balaban J connectivity index is 3.27. The highest BCUT2D eigenvalue weighted by molar-refractivity contribution is 5.69. The van der Waals surface area contributed by atoms with Gasteiger partial charge in [0, 0.05) is 14.1 Å². The normalized spacial score (nSPS) is 10.9. The first-order valence-electron chi connectivity index (χ1n) is 4.60. The van der Waals surface area contributed by atoms with Gasteiger partial charge in [-0.05, 0) is 6.92 Å². The summed E-state index contributed by atoms with van der Waals surface area (Å²) >= 11 is 0. The molecule has 2 heterocycles. The predicted octanol–water partition coefficient (Wildman–Crippen LogP) is -1.37. The maximum atomic E-state index is 11.6. The summed E-state index contributed by atoms with van der Waals surface area (Å²) in [6, 6.07) is 0. The van der Waals surface area contributed by atoms with Gasteiger partial charge in [-0.25, -0.2) is 9.78 Å². The molecule has 2 rings (SSSR count). The van der Waals surface area contributed by atoms with Crippen LogP contribution in [0.25, 0.3) is 11.2 Å². The summed E-state index contributed by atoms with van der Waals surface area (Å²) < 4.78 is 2.43. The molecule has 0 aromatic carbocycles. The van der Waals surface area contributed by atoms with E-state index in [0.717, 1.165) is 0 Å². The number of rotatable bonds is 0. The Labute approximate surface area is 89.0 Å². The highest BCUT2D eigenvalue weighted by Gasteiger charge is 2.11. The minimum absolute atomic E-state index is 0.0849. The van der Waals surface area contributed by atoms with Crippen LogP contribution in [0.4, 0.5) is 0 Å². The average molecular weight is 222 g/mol. The minimum atomic E-state index is -0.586. The zero-order chi connectivity index (χ0) is 12.0. The van der Waals surface area contributed by atoms with Gasteiger partial charge in [-0.2, -0.15) is 0 Å². The molecule has 16 heavy (non-hydrogen) atoms. The number of nitrogens with one attached hydrogen (secondary N) is 1. The molecule has 0 aliphatic heterocycles. The van der Waals surface area contributed by atoms with Crippen molar-refractivity contribution in [3.05, 3.63) is 36.9 Å². The summed E-state index contributed by atoms with van der Waals surface area (Å²) in [6.07, 6.45) is 0. The number of hydrogen-bond donors (Lipinski definition) is 1. The first-order chi connectivity index (χ1) is 7.43. The Morgan fingerprint density at radius 3 is 2.38 bits per heavy atom. The molecule has 1 N–H and O–H groups in total. The monoisotopic (exact) mass is 222 g/mol. The molecule has 7 heteroatoms. The lowest BCUT2D eigenvalue weighted by Gasteiger charge is -2.08. The van der Waals surface area contributed by atoms with Crippen molar-refractivity contribution < 1.29 is 0 Å². The van der Waals surface area contributed by atoms with Gasteiger partial charge in [-0.1, -0.05) is 0 Å². The van der Waals surface area contributed by atoms with Crippen LogP contribution in [0.15, 0.2) is 14.4 Å². The molecular formula is C9H10N4O3. The van der Waals surface area contributed by atoms with Crippen LogP contribution in [0.1, 0.15) is 5.69 Å². The van der Waals surface area contributed by atoms with Gasteiger partial charge in [-0.15, -0.1) is 0 Å². The van der Waals surface area contributed by atoms with E-state index < -0.39 is 11.2 Å². The van der Waals surface area contributed by atoms with Crippen molar-refractivity contribution in [3.8, 4) is 0 Å². The van der Waals surface area contributed by atoms with Crippen molar-refractivity contribution in [2.75, 3.05) is 0 Å². The van der Waals surface area contributed by atoms with E-state index in [1.807, 2.05) is 0 Å². The number of aromatic amines is 1. The van der Waals surface area contributed by atoms with Crippen LogP contribution >= 0.6 is 0 Å². The second-order valence-electron chi connectivity index (χ2n) is 3.55. The van der Waals surface area contributed by atoms with Crippen LogP contribution in [-0.4, -0.2) is 19.1 Å². The summed E-state index contributed by atoms with van der Waals surface area (Å²) in [5.74, 6) is 0. The zero-order valence-corrected chi connectivity index (χ0v) is 9.07. The van der Waals surface area contributed by atoms with Crippen molar-refractivity contribution in [2.24, 2.45) is 14.1 Å². The van der Waals surface area contributed by atoms with Gasteiger partial charge in [0.05, 0.1) is 0 Å². The van der Waals surface area contributed by atoms with Gasteiger partial charge in [0.25, 0.3) is 11.1 Å². The van der Waals surface area contributed by atoms with Gasteiger partial charge in [0.1, 0.15) is 5.69 Å². The lowest BCUT2D eigenvalue weighted by Crippen LogP contribution is -2.34. The van der Waals surface area contributed by atoms with Crippen LogP contribution < -0.4 is 16.8 Å². The number of H-pyrrole nitrogens is 1. The molecule has 0 amide bonds. The summed E-state index contributed by atoms with van der Waals surface area (Å²) in [5.41, 5.74) is -0.965. The Bertz CT molecular complexity index is 750. The number of hydrogen-bond acceptors (Lipinski definition) is 4. The zero-order valence-electron chi connectivity index (χ0n) is 9.07. The first-order valence-corrected chi connectivity index (χ1v) is 4.60. The predicted molar refractivity (Wildman–Crippen MR) is 57.6 cm³/mol. The SMILES string of the molecule is Cc1nc2c(=O)[nH]c(=O)n(C)c2n(C)c1=O. The number of aromatic nitrogens is 4. The summed E-state index contributed by atoms with van der Waals surface area (Å²) in [4.78, 5) is 40.5. The smallest absolute Gasteiger partial charge is 0.294 e. The van der Waals surface area contributed by atoms with E-state index in [2.05, 4.69) is 9.97 Å². The van der Waals surface area contributed by atoms with Crippen LogP contribution in [-0.2, 0) is 14.1 Å². The maximum Gasteiger partial charge on any atom is 0.329 e. The molecule has 84 valence electrons. The molecule has 2 aromatic rings. The number of aryl methyl sites for hydroxylation is 3. The van der Waals surface area contributed by atoms with Gasteiger partial charge < -0.3 is 0 Å². The molecule has 0 atom stereocenters. The minimum Gasteiger partial charge on any atom is -0.294 e. The molecule has 0 saturated carbocycles. The lowest BCUT2D eigenvalue weighted by molar-refractivity contribution is 0.757. The van der Waals surface area contributed by atoms with Crippen molar-refractivity contribution >= 4 is 11.2 Å². The molecule has 0 saturated heterocycles. The third-order valence-electron chi connectivity index (χ3n) is 2.48. The first kappa shape index (κ1) is 10.3. The molecular weight excluding hydrogens is 212 g/mol. The Kier molecular flexibility index (Phi) is 2.04. The fourth-order valence-corrected chi connectivity index (χ4v) is 1.64. The van der Waals surface area contributed by atoms with Crippen molar-refractivity contribution in [2.45, 2.75) is 6.92 Å². The van der Waals surface area contributed by atoms with E-state index in [4.69, 9.17) is 0 Å². The lowest BCUT2D eigenvalue weighted by atomic mass is 10.4. The van der Waals surface area contributed by atoms with Gasteiger partial charge >= 0.3 is 5.69 Å². The Morgan fingerprint density at radius 1 is 1.12 bits per heavy atom. The van der Waals surface area contributed by atoms with E-state index in [9.17, 15) is 14.4 Å². The molecule has 0 fully saturated rings. The largest absolute Gasteiger partial charge is 0.329 e. The summed E-state index contributed by atoms with van der Waals surface area (Å²) in [5, 5.41) is 0. The van der Waals surface area contributed by atoms with Crippen molar-refractivity contribution in [3.63, 3.8) is 0 Å². The fourth-order valence-electron chi connectivity index (χ4n) is 1.64. The van der Waals surface area contributed by atoms with Gasteiger partial charge in [-0.3, -0.25) is 23.7 Å². The quantitative estimate of drug-likeness (QED) is 0.595. The third kappa shape index (κ3) is 1.21. The summed E-state index contributed by atoms with van der Waals surface area (Å²) in [7, 11) is 2.97. The van der Waals surface area contributed by atoms with Crippen molar-refractivity contribution in [1.82, 2.24) is 19.1 Å². The Hall–Kier alpha value is -2.18. The van der Waals surface area contributed by atoms with Crippen molar-refractivity contribution in [1.29, 1.82) is 0 Å². The molecule has 0 aliphatic rings. The highest BCUT2D eigenvalue weighted by Crippen LogP contribution is 1.99. The van der Waals surface area contributed by atoms with Gasteiger partial charge in [0.15, 0.2) is 11.2 Å². The molecule has 0 radical (unpaired) electrons. The van der Waals surface area contributed by atoms with Gasteiger partial charge in [0.2, 0.25) is 0 Å². The standard InChI is InChI=1S/C9H10N4O3/c1-4-8(15)12(2)7-5(10-4)6(14)11-9(16)13(7)3/h1-3H3,(H,11,14,16). The topological polar surface area (TPSA) is 89.8 Å². The second-order valence-corrected chi connectivity index (χ2v) is 3.55. The fraction of sp³-hybridized carbons (Fsp3) is 0.333. The molecule has 2 aromatic heterocycles. The molecule has 0 aliphatic carbocycles. The van der Waals surface area contributed by atoms with E-state index in [0.29, 0.717) is 0 Å². The third-order valence-corrected chi connectivity index (χ3v) is 2.48. The maximum absolute atomic E-state index is 11.6. The van der Waals surface area contributed by atoms with E-state index in [1.54, 1.807) is 0 Å². The Morgan fingerprint density at radius 2 is 1.75 bits per heavy atom. The second kappa shape index (κ2) is 3.16. The van der Waals surface area contributed by atoms with Crippen LogP contribution in [0.5, 0.6) is 0 Å². The summed E-state index contributed by atoms with van der Waals surface area (Å²) in [6.45, 7) is 1.52. The number of nitrogens with zero attached hydrogens (tertiary/aromatic N) is 3.